The SMILES string of the molecule is Oc1cc(F)cc(-c2ccccc2)c1F. The van der Waals surface area contributed by atoms with E-state index in [1.807, 2.05) is 0 Å². The van der Waals surface area contributed by atoms with E-state index in [1.165, 1.54) is 0 Å². The molecule has 0 radical (unpaired) electrons. The van der Waals surface area contributed by atoms with Gasteiger partial charge in [0.05, 0.1) is 0 Å². The summed E-state index contributed by atoms with van der Waals surface area (Å²) in [5.74, 6) is -2.13. The Hall–Kier alpha value is -1.90. The van der Waals surface area contributed by atoms with E-state index in [0.717, 1.165) is 12.1 Å². The first-order chi connectivity index (χ1) is 7.18. The van der Waals surface area contributed by atoms with E-state index in [4.69, 9.17) is 5.11 Å². The van der Waals surface area contributed by atoms with Crippen LogP contribution in [-0.2, 0) is 0 Å². The van der Waals surface area contributed by atoms with Gasteiger partial charge in [-0.2, -0.15) is 0 Å². The molecule has 0 fully saturated rings. The fraction of sp³-hybridized carbons (Fsp3) is 0. The van der Waals surface area contributed by atoms with Crippen molar-refractivity contribution in [1.29, 1.82) is 0 Å². The van der Waals surface area contributed by atoms with Crippen LogP contribution in [0.5, 0.6) is 5.75 Å². The fourth-order valence-electron chi connectivity index (χ4n) is 1.40. The average molecular weight is 206 g/mol. The Kier molecular flexibility index (Phi) is 2.37. The van der Waals surface area contributed by atoms with Gasteiger partial charge in [0.1, 0.15) is 5.82 Å². The highest BCUT2D eigenvalue weighted by molar-refractivity contribution is 5.65. The molecule has 0 bridgehead atoms. The standard InChI is InChI=1S/C12H8F2O/c13-9-6-10(12(14)11(15)7-9)8-4-2-1-3-5-8/h1-7,15H. The van der Waals surface area contributed by atoms with Gasteiger partial charge in [-0.15, -0.1) is 0 Å². The van der Waals surface area contributed by atoms with E-state index >= 15 is 0 Å². The summed E-state index contributed by atoms with van der Waals surface area (Å²) in [6.45, 7) is 0. The van der Waals surface area contributed by atoms with Crippen LogP contribution < -0.4 is 0 Å². The molecule has 15 heavy (non-hydrogen) atoms. The lowest BCUT2D eigenvalue weighted by Gasteiger charge is -2.05. The van der Waals surface area contributed by atoms with E-state index in [2.05, 4.69) is 0 Å². The van der Waals surface area contributed by atoms with Crippen LogP contribution in [0.4, 0.5) is 8.78 Å². The van der Waals surface area contributed by atoms with Crippen LogP contribution >= 0.6 is 0 Å². The van der Waals surface area contributed by atoms with Gasteiger partial charge in [-0.1, -0.05) is 30.3 Å². The van der Waals surface area contributed by atoms with Crippen LogP contribution in [0.25, 0.3) is 11.1 Å². The third-order valence-electron chi connectivity index (χ3n) is 2.10. The smallest absolute Gasteiger partial charge is 0.172 e. The summed E-state index contributed by atoms with van der Waals surface area (Å²) in [6.07, 6.45) is 0. The Morgan fingerprint density at radius 3 is 2.27 bits per heavy atom. The number of hydrogen-bond donors (Lipinski definition) is 1. The van der Waals surface area contributed by atoms with Gasteiger partial charge in [0.15, 0.2) is 11.6 Å². The van der Waals surface area contributed by atoms with Crippen LogP contribution in [0.1, 0.15) is 0 Å². The third kappa shape index (κ3) is 1.81. The van der Waals surface area contributed by atoms with Gasteiger partial charge in [0, 0.05) is 11.6 Å². The van der Waals surface area contributed by atoms with Crippen molar-refractivity contribution in [2.24, 2.45) is 0 Å². The molecule has 0 heterocycles. The second kappa shape index (κ2) is 3.69. The van der Waals surface area contributed by atoms with Crippen molar-refractivity contribution in [3.8, 4) is 16.9 Å². The molecule has 0 amide bonds. The molecule has 0 spiro atoms. The van der Waals surface area contributed by atoms with Crippen molar-refractivity contribution >= 4 is 0 Å². The molecule has 0 aliphatic carbocycles. The minimum absolute atomic E-state index is 0.0631. The van der Waals surface area contributed by atoms with Gasteiger partial charge in [-0.3, -0.25) is 0 Å². The normalized spacial score (nSPS) is 10.3. The summed E-state index contributed by atoms with van der Waals surface area (Å²) in [5, 5.41) is 9.13. The minimum Gasteiger partial charge on any atom is -0.505 e. The molecule has 0 aliphatic heterocycles. The van der Waals surface area contributed by atoms with Gasteiger partial charge in [0.2, 0.25) is 0 Å². The Balaban J connectivity index is 2.63. The first-order valence-corrected chi connectivity index (χ1v) is 4.42. The summed E-state index contributed by atoms with van der Waals surface area (Å²) < 4.78 is 26.4. The van der Waals surface area contributed by atoms with E-state index in [-0.39, 0.29) is 5.56 Å². The fourth-order valence-corrected chi connectivity index (χ4v) is 1.40. The van der Waals surface area contributed by atoms with Gasteiger partial charge in [-0.25, -0.2) is 8.78 Å². The molecule has 0 saturated carbocycles. The Morgan fingerprint density at radius 1 is 0.933 bits per heavy atom. The van der Waals surface area contributed by atoms with E-state index in [0.29, 0.717) is 5.56 Å². The molecule has 76 valence electrons. The van der Waals surface area contributed by atoms with Crippen LogP contribution in [0.2, 0.25) is 0 Å². The average Bonchev–Trinajstić information content (AvgIpc) is 2.24. The summed E-state index contributed by atoms with van der Waals surface area (Å²) in [5.41, 5.74) is 0.595. The highest BCUT2D eigenvalue weighted by atomic mass is 19.1. The predicted octanol–water partition coefficient (Wildman–Crippen LogP) is 3.34. The molecule has 3 heteroatoms. The van der Waals surface area contributed by atoms with Crippen LogP contribution in [-0.4, -0.2) is 5.11 Å². The van der Waals surface area contributed by atoms with Crippen molar-refractivity contribution in [3.05, 3.63) is 54.1 Å². The molecule has 2 aromatic carbocycles. The first-order valence-electron chi connectivity index (χ1n) is 4.42. The second-order valence-electron chi connectivity index (χ2n) is 3.15. The van der Waals surface area contributed by atoms with Crippen molar-refractivity contribution in [2.45, 2.75) is 0 Å². The highest BCUT2D eigenvalue weighted by Gasteiger charge is 2.11. The topological polar surface area (TPSA) is 20.2 Å². The first kappa shape index (κ1) is 9.65. The summed E-state index contributed by atoms with van der Waals surface area (Å²) >= 11 is 0. The maximum atomic E-state index is 13.5. The molecular weight excluding hydrogens is 198 g/mol. The van der Waals surface area contributed by atoms with E-state index in [9.17, 15) is 8.78 Å². The number of halogens is 2. The van der Waals surface area contributed by atoms with Gasteiger partial charge >= 0.3 is 0 Å². The van der Waals surface area contributed by atoms with Crippen LogP contribution in [0.15, 0.2) is 42.5 Å². The number of hydrogen-bond acceptors (Lipinski definition) is 1. The lowest BCUT2D eigenvalue weighted by molar-refractivity contribution is 0.428. The zero-order chi connectivity index (χ0) is 10.8. The molecule has 0 saturated heterocycles. The maximum Gasteiger partial charge on any atom is 0.172 e. The Morgan fingerprint density at radius 2 is 1.60 bits per heavy atom. The predicted molar refractivity (Wildman–Crippen MR) is 53.5 cm³/mol. The molecule has 1 N–H and O–H groups in total. The maximum absolute atomic E-state index is 13.5. The monoisotopic (exact) mass is 206 g/mol. The Bertz CT molecular complexity index is 480. The van der Waals surface area contributed by atoms with Crippen molar-refractivity contribution < 1.29 is 13.9 Å². The molecule has 0 aliphatic rings. The molecular formula is C12H8F2O. The molecule has 0 atom stereocenters. The summed E-state index contributed by atoms with van der Waals surface area (Å²) in [6, 6.07) is 10.3. The van der Waals surface area contributed by atoms with E-state index < -0.39 is 17.4 Å². The van der Waals surface area contributed by atoms with Crippen molar-refractivity contribution in [3.63, 3.8) is 0 Å². The lowest BCUT2D eigenvalue weighted by atomic mass is 10.0. The zero-order valence-electron chi connectivity index (χ0n) is 7.74. The van der Waals surface area contributed by atoms with Gasteiger partial charge < -0.3 is 5.11 Å². The summed E-state index contributed by atoms with van der Waals surface area (Å²) in [7, 11) is 0. The number of phenols is 1. The highest BCUT2D eigenvalue weighted by Crippen LogP contribution is 2.29. The molecule has 0 aromatic heterocycles. The van der Waals surface area contributed by atoms with Crippen LogP contribution in [0, 0.1) is 11.6 Å². The molecule has 1 nitrogen and oxygen atoms in total. The molecule has 2 rings (SSSR count). The zero-order valence-corrected chi connectivity index (χ0v) is 7.74. The van der Waals surface area contributed by atoms with Gasteiger partial charge in [-0.05, 0) is 11.6 Å². The number of phenolic OH excluding ortho intramolecular Hbond substituents is 1. The number of benzene rings is 2. The number of aromatic hydroxyl groups is 1. The largest absolute Gasteiger partial charge is 0.505 e. The minimum atomic E-state index is -0.803. The van der Waals surface area contributed by atoms with E-state index in [1.54, 1.807) is 30.3 Å². The quantitative estimate of drug-likeness (QED) is 0.758. The second-order valence-corrected chi connectivity index (χ2v) is 3.15. The van der Waals surface area contributed by atoms with Gasteiger partial charge in [0.25, 0.3) is 0 Å². The molecule has 0 unspecified atom stereocenters. The van der Waals surface area contributed by atoms with Crippen LogP contribution in [0.3, 0.4) is 0 Å². The number of rotatable bonds is 1. The van der Waals surface area contributed by atoms with Crippen molar-refractivity contribution in [2.75, 3.05) is 0 Å². The lowest BCUT2D eigenvalue weighted by Crippen LogP contribution is -1.87. The molecule has 2 aromatic rings. The van der Waals surface area contributed by atoms with Crippen molar-refractivity contribution in [1.82, 2.24) is 0 Å². The summed E-state index contributed by atoms with van der Waals surface area (Å²) in [4.78, 5) is 0. The third-order valence-corrected chi connectivity index (χ3v) is 2.10. The Labute approximate surface area is 85.6 Å².